The van der Waals surface area contributed by atoms with Crippen molar-refractivity contribution >= 4 is 17.7 Å². The van der Waals surface area contributed by atoms with Crippen LogP contribution in [0.25, 0.3) is 6.08 Å². The Bertz CT molecular complexity index is 757. The van der Waals surface area contributed by atoms with E-state index in [-0.39, 0.29) is 17.9 Å². The molecule has 0 aliphatic carbocycles. The lowest BCUT2D eigenvalue weighted by Crippen LogP contribution is -2.35. The number of anilines is 1. The molecule has 0 spiro atoms. The summed E-state index contributed by atoms with van der Waals surface area (Å²) in [4.78, 5) is 12.4. The van der Waals surface area contributed by atoms with Crippen LogP contribution in [-0.2, 0) is 9.53 Å². The fraction of sp³-hybridized carbons (Fsp3) is 0.211. The number of carbonyl (C=O) groups excluding carboxylic acids is 1. The fourth-order valence-corrected chi connectivity index (χ4v) is 3.53. The first-order valence-corrected chi connectivity index (χ1v) is 7.75. The number of hydrogen-bond donors (Lipinski definition) is 0. The molecule has 23 heavy (non-hydrogen) atoms. The van der Waals surface area contributed by atoms with E-state index in [1.165, 1.54) is 12.7 Å². The molecule has 0 N–H and O–H groups in total. The molecule has 0 aromatic heterocycles. The summed E-state index contributed by atoms with van der Waals surface area (Å²) in [6.45, 7) is 0.611. The highest BCUT2D eigenvalue weighted by atomic mass is 16.5. The van der Waals surface area contributed by atoms with Crippen LogP contribution in [0, 0.1) is 5.92 Å². The van der Waals surface area contributed by atoms with Crippen molar-refractivity contribution in [2.45, 2.75) is 6.04 Å². The maximum absolute atomic E-state index is 12.4. The van der Waals surface area contributed by atoms with Gasteiger partial charge in [0.2, 0.25) is 0 Å². The average Bonchev–Trinajstić information content (AvgIpc) is 3.02. The smallest absolute Gasteiger partial charge is 0.313 e. The zero-order valence-electron chi connectivity index (χ0n) is 12.9. The van der Waals surface area contributed by atoms with E-state index in [1.54, 1.807) is 0 Å². The minimum absolute atomic E-state index is 0.0242. The van der Waals surface area contributed by atoms with Gasteiger partial charge in [-0.3, -0.25) is 14.8 Å². The Labute approximate surface area is 135 Å². The number of fused-ring (bicyclic) bond motifs is 3. The van der Waals surface area contributed by atoms with Gasteiger partial charge < -0.3 is 4.74 Å². The van der Waals surface area contributed by atoms with E-state index < -0.39 is 0 Å². The summed E-state index contributed by atoms with van der Waals surface area (Å²) >= 11 is 0. The van der Waals surface area contributed by atoms with Crippen LogP contribution in [0.3, 0.4) is 0 Å². The number of rotatable bonds is 2. The fourth-order valence-electron chi connectivity index (χ4n) is 3.53. The summed E-state index contributed by atoms with van der Waals surface area (Å²) in [7, 11) is 1.46. The maximum atomic E-state index is 12.4. The molecule has 4 heteroatoms. The van der Waals surface area contributed by atoms with Crippen LogP contribution in [0.2, 0.25) is 0 Å². The first-order chi connectivity index (χ1) is 11.3. The molecule has 2 heterocycles. The summed E-state index contributed by atoms with van der Waals surface area (Å²) in [5.74, 6) is -0.380. The number of para-hydroxylation sites is 1. The van der Waals surface area contributed by atoms with Crippen molar-refractivity contribution in [1.82, 2.24) is 5.01 Å². The van der Waals surface area contributed by atoms with Gasteiger partial charge in [-0.05, 0) is 29.3 Å². The normalized spacial score (nSPS) is 21.8. The standard InChI is InChI=1S/C19H18N2O2/c1-23-19(22)17-13-21(15-8-3-2-4-9-15)20-12-11-14-7-5-6-10-16(14)18(17)20/h2-12,17-18H,13H2,1H3/t17-,18-/m1/s1. The van der Waals surface area contributed by atoms with Crippen molar-refractivity contribution in [2.24, 2.45) is 5.92 Å². The second-order valence-corrected chi connectivity index (χ2v) is 5.82. The van der Waals surface area contributed by atoms with Crippen LogP contribution >= 0.6 is 0 Å². The van der Waals surface area contributed by atoms with E-state index in [0.29, 0.717) is 6.54 Å². The Morgan fingerprint density at radius 3 is 2.61 bits per heavy atom. The first kappa shape index (κ1) is 13.9. The van der Waals surface area contributed by atoms with Crippen LogP contribution in [0.15, 0.2) is 60.8 Å². The first-order valence-electron chi connectivity index (χ1n) is 7.75. The van der Waals surface area contributed by atoms with Gasteiger partial charge in [0.15, 0.2) is 0 Å². The molecule has 4 rings (SSSR count). The molecule has 0 saturated carbocycles. The molecule has 1 fully saturated rings. The molecule has 2 aliphatic heterocycles. The van der Waals surface area contributed by atoms with Crippen molar-refractivity contribution in [3.05, 3.63) is 71.9 Å². The van der Waals surface area contributed by atoms with E-state index in [9.17, 15) is 4.79 Å². The molecule has 2 atom stereocenters. The molecule has 4 nitrogen and oxygen atoms in total. The highest BCUT2D eigenvalue weighted by molar-refractivity contribution is 5.77. The third kappa shape index (κ3) is 2.18. The van der Waals surface area contributed by atoms with E-state index in [2.05, 4.69) is 46.6 Å². The van der Waals surface area contributed by atoms with Crippen LogP contribution in [0.1, 0.15) is 17.2 Å². The third-order valence-corrected chi connectivity index (χ3v) is 4.59. The predicted molar refractivity (Wildman–Crippen MR) is 89.4 cm³/mol. The number of benzene rings is 2. The number of esters is 1. The quantitative estimate of drug-likeness (QED) is 0.798. The lowest BCUT2D eigenvalue weighted by atomic mass is 9.89. The zero-order valence-corrected chi connectivity index (χ0v) is 12.9. The largest absolute Gasteiger partial charge is 0.469 e. The Kier molecular flexibility index (Phi) is 3.30. The van der Waals surface area contributed by atoms with Crippen LogP contribution in [0.5, 0.6) is 0 Å². The Hall–Kier alpha value is -2.75. The second kappa shape index (κ2) is 5.47. The number of nitrogens with zero attached hydrogens (tertiary/aromatic N) is 2. The summed E-state index contributed by atoms with van der Waals surface area (Å²) in [5, 5.41) is 4.30. The summed E-state index contributed by atoms with van der Waals surface area (Å²) < 4.78 is 5.07. The van der Waals surface area contributed by atoms with E-state index in [4.69, 9.17) is 4.74 Å². The van der Waals surface area contributed by atoms with E-state index in [1.807, 2.05) is 30.3 Å². The van der Waals surface area contributed by atoms with Gasteiger partial charge in [0, 0.05) is 6.20 Å². The molecule has 2 aliphatic rings. The van der Waals surface area contributed by atoms with Crippen LogP contribution < -0.4 is 5.01 Å². The molecular formula is C19H18N2O2. The topological polar surface area (TPSA) is 32.8 Å². The van der Waals surface area contributed by atoms with Gasteiger partial charge in [0.1, 0.15) is 5.92 Å². The van der Waals surface area contributed by atoms with Crippen LogP contribution in [0.4, 0.5) is 5.69 Å². The maximum Gasteiger partial charge on any atom is 0.313 e. The number of methoxy groups -OCH3 is 1. The molecule has 0 amide bonds. The van der Waals surface area contributed by atoms with Gasteiger partial charge >= 0.3 is 5.97 Å². The number of ether oxygens (including phenoxy) is 1. The van der Waals surface area contributed by atoms with Gasteiger partial charge in [-0.25, -0.2) is 0 Å². The predicted octanol–water partition coefficient (Wildman–Crippen LogP) is 3.24. The van der Waals surface area contributed by atoms with Crippen molar-refractivity contribution in [2.75, 3.05) is 18.7 Å². The zero-order chi connectivity index (χ0) is 15.8. The average molecular weight is 306 g/mol. The number of hydrogen-bond acceptors (Lipinski definition) is 4. The summed E-state index contributed by atoms with van der Waals surface area (Å²) in [6.07, 6.45) is 4.16. The van der Waals surface area contributed by atoms with Crippen LogP contribution in [-0.4, -0.2) is 24.6 Å². The highest BCUT2D eigenvalue weighted by Crippen LogP contribution is 2.44. The van der Waals surface area contributed by atoms with Crippen molar-refractivity contribution in [3.63, 3.8) is 0 Å². The van der Waals surface area contributed by atoms with Crippen molar-refractivity contribution in [3.8, 4) is 0 Å². The number of hydrazine groups is 1. The Balaban J connectivity index is 1.80. The second-order valence-electron chi connectivity index (χ2n) is 5.82. The lowest BCUT2D eigenvalue weighted by molar-refractivity contribution is -0.145. The van der Waals surface area contributed by atoms with Crippen molar-refractivity contribution in [1.29, 1.82) is 0 Å². The van der Waals surface area contributed by atoms with Gasteiger partial charge in [0.05, 0.1) is 25.4 Å². The van der Waals surface area contributed by atoms with Crippen molar-refractivity contribution < 1.29 is 9.53 Å². The van der Waals surface area contributed by atoms with Gasteiger partial charge in [-0.1, -0.05) is 42.5 Å². The SMILES string of the molecule is COC(=O)[C@@H]1CN(c2ccccc2)N2C=Cc3ccccc3[C@H]12. The summed E-state index contributed by atoms with van der Waals surface area (Å²) in [5.41, 5.74) is 3.41. The van der Waals surface area contributed by atoms with Gasteiger partial charge in [-0.2, -0.15) is 0 Å². The molecule has 0 unspecified atom stereocenters. The number of carbonyl (C=O) groups is 1. The monoisotopic (exact) mass is 306 g/mol. The highest BCUT2D eigenvalue weighted by Gasteiger charge is 2.45. The summed E-state index contributed by atoms with van der Waals surface area (Å²) in [6, 6.07) is 18.3. The Morgan fingerprint density at radius 2 is 1.83 bits per heavy atom. The molecule has 1 saturated heterocycles. The minimum atomic E-state index is -0.216. The molecule has 0 bridgehead atoms. The molecule has 0 radical (unpaired) electrons. The lowest BCUT2D eigenvalue weighted by Gasteiger charge is -2.36. The molecular weight excluding hydrogens is 288 g/mol. The van der Waals surface area contributed by atoms with E-state index >= 15 is 0 Å². The van der Waals surface area contributed by atoms with Gasteiger partial charge in [-0.15, -0.1) is 0 Å². The van der Waals surface area contributed by atoms with Gasteiger partial charge in [0.25, 0.3) is 0 Å². The molecule has 2 aromatic rings. The van der Waals surface area contributed by atoms with E-state index in [0.717, 1.165) is 11.3 Å². The minimum Gasteiger partial charge on any atom is -0.469 e. The third-order valence-electron chi connectivity index (χ3n) is 4.59. The molecule has 2 aromatic carbocycles. The Morgan fingerprint density at radius 1 is 1.09 bits per heavy atom. The molecule has 116 valence electrons.